The molecule has 2 heterocycles. The largest absolute Gasteiger partial charge is 0.444 e. The predicted molar refractivity (Wildman–Crippen MR) is 89.1 cm³/mol. The average molecular weight is 323 g/mol. The minimum atomic E-state index is -0.452. The van der Waals surface area contributed by atoms with Gasteiger partial charge >= 0.3 is 6.09 Å². The number of carbonyl (C=O) groups is 2. The summed E-state index contributed by atoms with van der Waals surface area (Å²) >= 11 is 0. The van der Waals surface area contributed by atoms with Crippen LogP contribution in [-0.4, -0.2) is 78.1 Å². The van der Waals surface area contributed by atoms with E-state index in [0.29, 0.717) is 25.4 Å². The molecule has 130 valence electrons. The maximum Gasteiger partial charge on any atom is 0.410 e. The molecule has 2 aliphatic rings. The highest BCUT2D eigenvalue weighted by molar-refractivity contribution is 5.79. The van der Waals surface area contributed by atoms with E-state index in [4.69, 9.17) is 4.74 Å². The van der Waals surface area contributed by atoms with E-state index in [-0.39, 0.29) is 12.0 Å². The Hall–Kier alpha value is -1.56. The van der Waals surface area contributed by atoms with Gasteiger partial charge < -0.3 is 14.5 Å². The van der Waals surface area contributed by atoms with Gasteiger partial charge in [0.2, 0.25) is 5.91 Å². The maximum absolute atomic E-state index is 12.0. The van der Waals surface area contributed by atoms with Crippen molar-refractivity contribution in [1.29, 1.82) is 0 Å². The second kappa shape index (κ2) is 7.34. The first-order chi connectivity index (χ1) is 10.8. The van der Waals surface area contributed by atoms with Gasteiger partial charge in [0.15, 0.2) is 0 Å². The number of amides is 2. The van der Waals surface area contributed by atoms with Crippen LogP contribution in [0.25, 0.3) is 0 Å². The maximum atomic E-state index is 12.0. The molecule has 2 aliphatic heterocycles. The molecule has 0 aromatic rings. The number of rotatable bonds is 4. The minimum absolute atomic E-state index is 0.224. The van der Waals surface area contributed by atoms with Crippen molar-refractivity contribution in [2.45, 2.75) is 32.8 Å². The highest BCUT2D eigenvalue weighted by Crippen LogP contribution is 2.18. The van der Waals surface area contributed by atoms with Crippen molar-refractivity contribution in [1.82, 2.24) is 14.7 Å². The van der Waals surface area contributed by atoms with Gasteiger partial charge in [-0.05, 0) is 20.8 Å². The van der Waals surface area contributed by atoms with Gasteiger partial charge in [-0.15, -0.1) is 6.58 Å². The van der Waals surface area contributed by atoms with Crippen molar-refractivity contribution in [3.05, 3.63) is 12.7 Å². The molecule has 1 atom stereocenters. The van der Waals surface area contributed by atoms with Crippen LogP contribution < -0.4 is 0 Å². The molecule has 0 aromatic heterocycles. The van der Waals surface area contributed by atoms with E-state index in [1.54, 1.807) is 4.90 Å². The Balaban J connectivity index is 1.70. The van der Waals surface area contributed by atoms with E-state index in [1.165, 1.54) is 0 Å². The summed E-state index contributed by atoms with van der Waals surface area (Å²) in [5.41, 5.74) is -0.452. The quantitative estimate of drug-likeness (QED) is 0.737. The molecule has 2 saturated heterocycles. The van der Waals surface area contributed by atoms with Crippen molar-refractivity contribution in [2.24, 2.45) is 5.92 Å². The first-order valence-electron chi connectivity index (χ1n) is 8.39. The molecule has 0 saturated carbocycles. The number of carbonyl (C=O) groups excluding carboxylic acids is 2. The Morgan fingerprint density at radius 1 is 1.26 bits per heavy atom. The van der Waals surface area contributed by atoms with Crippen LogP contribution in [0.3, 0.4) is 0 Å². The van der Waals surface area contributed by atoms with Gasteiger partial charge in [0.1, 0.15) is 5.60 Å². The topological polar surface area (TPSA) is 53.1 Å². The van der Waals surface area contributed by atoms with Gasteiger partial charge in [-0.3, -0.25) is 9.69 Å². The molecular formula is C17H29N3O3. The van der Waals surface area contributed by atoms with Crippen LogP contribution in [0.2, 0.25) is 0 Å². The Labute approximate surface area is 139 Å². The van der Waals surface area contributed by atoms with E-state index in [0.717, 1.165) is 32.7 Å². The van der Waals surface area contributed by atoms with Crippen molar-refractivity contribution in [3.8, 4) is 0 Å². The average Bonchev–Trinajstić information content (AvgIpc) is 2.84. The van der Waals surface area contributed by atoms with Crippen molar-refractivity contribution in [2.75, 3.05) is 45.8 Å². The van der Waals surface area contributed by atoms with Gasteiger partial charge in [0.25, 0.3) is 0 Å². The molecule has 0 N–H and O–H groups in total. The first-order valence-corrected chi connectivity index (χ1v) is 8.39. The molecule has 2 rings (SSSR count). The summed E-state index contributed by atoms with van der Waals surface area (Å²) in [4.78, 5) is 29.9. The Bertz CT molecular complexity index is 450. The lowest BCUT2D eigenvalue weighted by Gasteiger charge is -2.36. The molecule has 0 radical (unpaired) electrons. The molecule has 0 bridgehead atoms. The van der Waals surface area contributed by atoms with Crippen molar-refractivity contribution < 1.29 is 14.3 Å². The van der Waals surface area contributed by atoms with Crippen molar-refractivity contribution >= 4 is 12.0 Å². The summed E-state index contributed by atoms with van der Waals surface area (Å²) in [5.74, 6) is 0.522. The highest BCUT2D eigenvalue weighted by Gasteiger charge is 2.29. The summed E-state index contributed by atoms with van der Waals surface area (Å²) < 4.78 is 5.40. The number of nitrogens with zero attached hydrogens (tertiary/aromatic N) is 3. The van der Waals surface area contributed by atoms with E-state index >= 15 is 0 Å². The van der Waals surface area contributed by atoms with E-state index < -0.39 is 5.60 Å². The fourth-order valence-electron chi connectivity index (χ4n) is 2.92. The van der Waals surface area contributed by atoms with Gasteiger partial charge in [-0.1, -0.05) is 6.08 Å². The molecule has 0 spiro atoms. The van der Waals surface area contributed by atoms with Crippen LogP contribution in [0.1, 0.15) is 27.2 Å². The number of likely N-dealkylation sites (tertiary alicyclic amines) is 1. The Morgan fingerprint density at radius 2 is 1.91 bits per heavy atom. The zero-order valence-corrected chi connectivity index (χ0v) is 14.6. The fourth-order valence-corrected chi connectivity index (χ4v) is 2.92. The molecule has 0 aromatic carbocycles. The third-order valence-corrected chi connectivity index (χ3v) is 4.29. The molecule has 2 fully saturated rings. The standard InChI is InChI=1S/C17H29N3O3/c1-5-14-12-15(21)20(13-14)11-8-18-6-9-19(10-7-18)16(22)23-17(2,3)4/h5,14H,1,6-13H2,2-4H3. The van der Waals surface area contributed by atoms with Crippen molar-refractivity contribution in [3.63, 3.8) is 0 Å². The summed E-state index contributed by atoms with van der Waals surface area (Å²) in [6, 6.07) is 0. The van der Waals surface area contributed by atoms with Crippen LogP contribution in [0, 0.1) is 5.92 Å². The first kappa shape index (κ1) is 17.8. The molecule has 23 heavy (non-hydrogen) atoms. The van der Waals surface area contributed by atoms with Gasteiger partial charge in [-0.2, -0.15) is 0 Å². The summed E-state index contributed by atoms with van der Waals surface area (Å²) in [6.45, 7) is 14.8. The summed E-state index contributed by atoms with van der Waals surface area (Å²) in [6.07, 6.45) is 2.23. The number of ether oxygens (including phenoxy) is 1. The molecule has 1 unspecified atom stereocenters. The number of hydrogen-bond acceptors (Lipinski definition) is 4. The van der Waals surface area contributed by atoms with Gasteiger partial charge in [0.05, 0.1) is 0 Å². The summed E-state index contributed by atoms with van der Waals surface area (Å²) in [7, 11) is 0. The fraction of sp³-hybridized carbons (Fsp3) is 0.765. The van der Waals surface area contributed by atoms with Crippen LogP contribution in [0.4, 0.5) is 4.79 Å². The van der Waals surface area contributed by atoms with Gasteiger partial charge in [0, 0.05) is 58.2 Å². The highest BCUT2D eigenvalue weighted by atomic mass is 16.6. The zero-order chi connectivity index (χ0) is 17.0. The number of piperazine rings is 1. The monoisotopic (exact) mass is 323 g/mol. The van der Waals surface area contributed by atoms with Crippen LogP contribution in [0.5, 0.6) is 0 Å². The molecule has 6 heteroatoms. The van der Waals surface area contributed by atoms with Gasteiger partial charge in [-0.25, -0.2) is 4.79 Å². The molecular weight excluding hydrogens is 294 g/mol. The lowest BCUT2D eigenvalue weighted by atomic mass is 10.1. The molecule has 6 nitrogen and oxygen atoms in total. The molecule has 0 aliphatic carbocycles. The second-order valence-corrected chi connectivity index (χ2v) is 7.35. The third-order valence-electron chi connectivity index (χ3n) is 4.29. The number of hydrogen-bond donors (Lipinski definition) is 0. The van der Waals surface area contributed by atoms with Crippen LogP contribution in [-0.2, 0) is 9.53 Å². The van der Waals surface area contributed by atoms with E-state index in [1.807, 2.05) is 31.7 Å². The smallest absolute Gasteiger partial charge is 0.410 e. The SMILES string of the molecule is C=CC1CC(=O)N(CCN2CCN(C(=O)OC(C)(C)C)CC2)C1. The van der Waals surface area contributed by atoms with Crippen LogP contribution >= 0.6 is 0 Å². The summed E-state index contributed by atoms with van der Waals surface area (Å²) in [5, 5.41) is 0. The third kappa shape index (κ3) is 5.23. The predicted octanol–water partition coefficient (Wildman–Crippen LogP) is 1.57. The lowest BCUT2D eigenvalue weighted by Crippen LogP contribution is -2.51. The molecule has 2 amide bonds. The van der Waals surface area contributed by atoms with Crippen LogP contribution in [0.15, 0.2) is 12.7 Å². The normalized spacial score (nSPS) is 23.3. The Kier molecular flexibility index (Phi) is 5.68. The van der Waals surface area contributed by atoms with E-state index in [2.05, 4.69) is 11.5 Å². The zero-order valence-electron chi connectivity index (χ0n) is 14.6. The Morgan fingerprint density at radius 3 is 2.43 bits per heavy atom. The van der Waals surface area contributed by atoms with E-state index in [9.17, 15) is 9.59 Å². The minimum Gasteiger partial charge on any atom is -0.444 e. The second-order valence-electron chi connectivity index (χ2n) is 7.35. The lowest BCUT2D eigenvalue weighted by molar-refractivity contribution is -0.127.